The number of unbranched alkanes of at least 4 members (excludes halogenated alkanes) is 1. The van der Waals surface area contributed by atoms with Crippen molar-refractivity contribution in [3.05, 3.63) is 16.9 Å². The molecule has 2 heteroatoms. The molecule has 2 nitrogen and oxygen atoms in total. The zero-order valence-electron chi connectivity index (χ0n) is 16.9. The Hall–Kier alpha value is -1.44. The second-order valence-electron chi connectivity index (χ2n) is 8.73. The summed E-state index contributed by atoms with van der Waals surface area (Å²) < 4.78 is 11.9. The number of rotatable bonds is 6. The molecule has 0 spiro atoms. The van der Waals surface area contributed by atoms with Gasteiger partial charge in [-0.05, 0) is 56.6 Å². The molecule has 0 aromatic heterocycles. The number of ether oxygens (including phenoxy) is 2. The fourth-order valence-corrected chi connectivity index (χ4v) is 2.87. The van der Waals surface area contributed by atoms with Crippen molar-refractivity contribution >= 4 is 0 Å². The molecular weight excluding hydrogens is 308 g/mol. The molecule has 0 aliphatic carbocycles. The quantitative estimate of drug-likeness (QED) is 0.361. The first-order valence-electron chi connectivity index (χ1n) is 9.14. The Morgan fingerprint density at radius 3 is 2.16 bits per heavy atom. The highest BCUT2D eigenvalue weighted by Gasteiger charge is 2.41. The summed E-state index contributed by atoms with van der Waals surface area (Å²) in [6.07, 6.45) is 15.3. The molecule has 1 heterocycles. The molecule has 138 valence electrons. The fourth-order valence-electron chi connectivity index (χ4n) is 2.87. The number of allylic oxidation sites excluding steroid dienone is 1. The van der Waals surface area contributed by atoms with E-state index in [1.165, 1.54) is 11.1 Å². The summed E-state index contributed by atoms with van der Waals surface area (Å²) >= 11 is 0. The highest BCUT2D eigenvalue weighted by molar-refractivity contribution is 5.18. The highest BCUT2D eigenvalue weighted by Crippen LogP contribution is 2.42. The van der Waals surface area contributed by atoms with Crippen molar-refractivity contribution in [2.75, 3.05) is 13.2 Å². The van der Waals surface area contributed by atoms with Crippen LogP contribution in [0.2, 0.25) is 0 Å². The van der Waals surface area contributed by atoms with E-state index in [-0.39, 0.29) is 10.8 Å². The normalized spacial score (nSPS) is 18.6. The Balaban J connectivity index is 3.09. The Morgan fingerprint density at radius 1 is 1.08 bits per heavy atom. The average Bonchev–Trinajstić information content (AvgIpc) is 2.49. The molecule has 1 aliphatic heterocycles. The van der Waals surface area contributed by atoms with Crippen molar-refractivity contribution in [3.63, 3.8) is 0 Å². The second-order valence-corrected chi connectivity index (χ2v) is 8.73. The maximum Gasteiger partial charge on any atom is 0.162 e. The minimum Gasteiger partial charge on any atom is -0.350 e. The predicted molar refractivity (Wildman–Crippen MR) is 105 cm³/mol. The van der Waals surface area contributed by atoms with E-state index in [9.17, 15) is 0 Å². The van der Waals surface area contributed by atoms with Crippen molar-refractivity contribution in [3.8, 4) is 24.7 Å². The molecule has 1 saturated heterocycles. The molecule has 1 aliphatic rings. The first-order valence-corrected chi connectivity index (χ1v) is 9.14. The molecule has 0 aromatic rings. The van der Waals surface area contributed by atoms with Crippen LogP contribution in [0.3, 0.4) is 0 Å². The van der Waals surface area contributed by atoms with E-state index in [1.807, 2.05) is 13.8 Å². The van der Waals surface area contributed by atoms with Gasteiger partial charge in [-0.15, -0.1) is 30.4 Å². The minimum absolute atomic E-state index is 0.0158. The van der Waals surface area contributed by atoms with Crippen LogP contribution in [0.25, 0.3) is 0 Å². The third-order valence-electron chi connectivity index (χ3n) is 4.62. The van der Waals surface area contributed by atoms with E-state index in [1.54, 1.807) is 0 Å². The van der Waals surface area contributed by atoms with Crippen LogP contribution in [-0.2, 0) is 9.47 Å². The van der Waals surface area contributed by atoms with Crippen LogP contribution in [0.4, 0.5) is 0 Å². The SMILES string of the molecule is C#CCCCC(C)=C=C(CC1(CC#C)COC(C)(C)OC1)C(C)(C)C. The summed E-state index contributed by atoms with van der Waals surface area (Å²) in [5, 5.41) is 0. The first-order chi connectivity index (χ1) is 11.5. The first kappa shape index (κ1) is 21.6. The summed E-state index contributed by atoms with van der Waals surface area (Å²) in [6.45, 7) is 13.9. The minimum atomic E-state index is -0.537. The molecular formula is C23H34O2. The molecule has 0 N–H and O–H groups in total. The summed E-state index contributed by atoms with van der Waals surface area (Å²) in [5.74, 6) is 4.99. The van der Waals surface area contributed by atoms with Crippen LogP contribution >= 0.6 is 0 Å². The van der Waals surface area contributed by atoms with Gasteiger partial charge in [0.25, 0.3) is 0 Å². The third kappa shape index (κ3) is 7.13. The summed E-state index contributed by atoms with van der Waals surface area (Å²) in [6, 6.07) is 0. The highest BCUT2D eigenvalue weighted by atomic mass is 16.7. The van der Waals surface area contributed by atoms with Gasteiger partial charge in [0, 0.05) is 18.3 Å². The monoisotopic (exact) mass is 342 g/mol. The van der Waals surface area contributed by atoms with Crippen LogP contribution in [0, 0.1) is 35.5 Å². The lowest BCUT2D eigenvalue weighted by atomic mass is 9.72. The van der Waals surface area contributed by atoms with E-state index in [0.29, 0.717) is 19.6 Å². The third-order valence-corrected chi connectivity index (χ3v) is 4.62. The van der Waals surface area contributed by atoms with Crippen LogP contribution in [0.1, 0.15) is 73.6 Å². The molecule has 25 heavy (non-hydrogen) atoms. The molecule has 0 unspecified atom stereocenters. The summed E-state index contributed by atoms with van der Waals surface area (Å²) in [5.41, 5.74) is 6.00. The lowest BCUT2D eigenvalue weighted by molar-refractivity contribution is -0.284. The number of hydrogen-bond acceptors (Lipinski definition) is 2. The molecule has 0 radical (unpaired) electrons. The predicted octanol–water partition coefficient (Wildman–Crippen LogP) is 5.49. The molecule has 0 atom stereocenters. The van der Waals surface area contributed by atoms with Crippen LogP contribution in [-0.4, -0.2) is 19.0 Å². The summed E-state index contributed by atoms with van der Waals surface area (Å²) in [4.78, 5) is 0. The topological polar surface area (TPSA) is 18.5 Å². The van der Waals surface area contributed by atoms with Crippen molar-refractivity contribution < 1.29 is 9.47 Å². The van der Waals surface area contributed by atoms with Crippen LogP contribution < -0.4 is 0 Å². The molecule has 1 rings (SSSR count). The zero-order chi connectivity index (χ0) is 19.1. The molecule has 0 amide bonds. The number of hydrogen-bond donors (Lipinski definition) is 0. The van der Waals surface area contributed by atoms with Crippen molar-refractivity contribution in [1.82, 2.24) is 0 Å². The van der Waals surface area contributed by atoms with Crippen molar-refractivity contribution in [1.29, 1.82) is 0 Å². The van der Waals surface area contributed by atoms with Gasteiger partial charge in [0.1, 0.15) is 0 Å². The smallest absolute Gasteiger partial charge is 0.162 e. The molecule has 1 fully saturated rings. The lowest BCUT2D eigenvalue weighted by Gasteiger charge is -2.44. The fraction of sp³-hybridized carbons (Fsp3) is 0.696. The van der Waals surface area contributed by atoms with Crippen LogP contribution in [0.15, 0.2) is 16.9 Å². The van der Waals surface area contributed by atoms with Crippen molar-refractivity contribution in [2.45, 2.75) is 79.4 Å². The van der Waals surface area contributed by atoms with E-state index in [2.05, 4.69) is 45.3 Å². The lowest BCUT2D eigenvalue weighted by Crippen LogP contribution is -2.47. The average molecular weight is 343 g/mol. The van der Waals surface area contributed by atoms with E-state index < -0.39 is 5.79 Å². The van der Waals surface area contributed by atoms with Gasteiger partial charge in [-0.1, -0.05) is 20.8 Å². The standard InChI is InChI=1S/C23H34O2/c1-9-11-12-13-19(3)15-20(21(4,5)6)16-23(14-10-2)17-24-22(7,8)25-18-23/h1-2H,11-14,16-18H2,3-8H3. The molecule has 0 aromatic carbocycles. The van der Waals surface area contributed by atoms with E-state index >= 15 is 0 Å². The molecule has 0 saturated carbocycles. The van der Waals surface area contributed by atoms with Gasteiger partial charge in [-0.2, -0.15) is 0 Å². The van der Waals surface area contributed by atoms with Gasteiger partial charge in [-0.25, -0.2) is 0 Å². The van der Waals surface area contributed by atoms with E-state index in [4.69, 9.17) is 22.3 Å². The Kier molecular flexibility index (Phi) is 7.59. The van der Waals surface area contributed by atoms with Gasteiger partial charge in [0.2, 0.25) is 0 Å². The van der Waals surface area contributed by atoms with Gasteiger partial charge >= 0.3 is 0 Å². The van der Waals surface area contributed by atoms with Gasteiger partial charge < -0.3 is 9.47 Å². The maximum atomic E-state index is 5.94. The second kappa shape index (κ2) is 8.78. The van der Waals surface area contributed by atoms with Gasteiger partial charge in [0.05, 0.1) is 13.2 Å². The van der Waals surface area contributed by atoms with E-state index in [0.717, 1.165) is 25.7 Å². The van der Waals surface area contributed by atoms with Crippen LogP contribution in [0.5, 0.6) is 0 Å². The Morgan fingerprint density at radius 2 is 1.68 bits per heavy atom. The van der Waals surface area contributed by atoms with Gasteiger partial charge in [0.15, 0.2) is 5.79 Å². The number of terminal acetylenes is 2. The maximum absolute atomic E-state index is 5.94. The zero-order valence-corrected chi connectivity index (χ0v) is 16.9. The Labute approximate surface area is 155 Å². The Bertz CT molecular complexity index is 585. The van der Waals surface area contributed by atoms with Crippen molar-refractivity contribution in [2.24, 2.45) is 10.8 Å². The largest absolute Gasteiger partial charge is 0.350 e. The summed E-state index contributed by atoms with van der Waals surface area (Å²) in [7, 11) is 0. The molecule has 0 bridgehead atoms. The van der Waals surface area contributed by atoms with Gasteiger partial charge in [-0.3, -0.25) is 0 Å².